The second-order valence-corrected chi connectivity index (χ2v) is 3.47. The molecule has 2 N–H and O–H groups in total. The lowest BCUT2D eigenvalue weighted by Crippen LogP contribution is -2.17. The molecule has 0 radical (unpaired) electrons. The molecule has 0 saturated carbocycles. The van der Waals surface area contributed by atoms with Crippen molar-refractivity contribution >= 4 is 11.0 Å². The molecule has 2 rings (SSSR count). The fourth-order valence-electron chi connectivity index (χ4n) is 1.51. The van der Waals surface area contributed by atoms with Gasteiger partial charge in [0.1, 0.15) is 5.58 Å². The lowest BCUT2D eigenvalue weighted by Gasteiger charge is -2.04. The van der Waals surface area contributed by atoms with E-state index in [4.69, 9.17) is 10.2 Å². The van der Waals surface area contributed by atoms with Gasteiger partial charge in [-0.05, 0) is 37.1 Å². The molecular formula is C11H13NO. The van der Waals surface area contributed by atoms with Gasteiger partial charge in [0.2, 0.25) is 0 Å². The van der Waals surface area contributed by atoms with E-state index in [0.717, 1.165) is 17.4 Å². The van der Waals surface area contributed by atoms with E-state index in [1.165, 1.54) is 5.56 Å². The van der Waals surface area contributed by atoms with Gasteiger partial charge in [0, 0.05) is 11.4 Å². The van der Waals surface area contributed by atoms with Crippen LogP contribution in [-0.2, 0) is 6.42 Å². The Kier molecular flexibility index (Phi) is 2.07. The summed E-state index contributed by atoms with van der Waals surface area (Å²) in [5, 5.41) is 1.15. The molecule has 0 unspecified atom stereocenters. The molecule has 0 spiro atoms. The first-order valence-electron chi connectivity index (χ1n) is 4.47. The molecule has 0 aliphatic heterocycles. The van der Waals surface area contributed by atoms with Gasteiger partial charge in [-0.15, -0.1) is 0 Å². The Balaban J connectivity index is 2.37. The van der Waals surface area contributed by atoms with Crippen LogP contribution in [0.5, 0.6) is 0 Å². The molecular weight excluding hydrogens is 162 g/mol. The first kappa shape index (κ1) is 8.32. The van der Waals surface area contributed by atoms with Crippen molar-refractivity contribution in [3.05, 3.63) is 36.1 Å². The van der Waals surface area contributed by atoms with Gasteiger partial charge < -0.3 is 10.2 Å². The number of rotatable bonds is 2. The smallest absolute Gasteiger partial charge is 0.133 e. The van der Waals surface area contributed by atoms with Crippen molar-refractivity contribution in [3.8, 4) is 0 Å². The molecule has 0 fully saturated rings. The van der Waals surface area contributed by atoms with Crippen LogP contribution in [0.4, 0.5) is 0 Å². The van der Waals surface area contributed by atoms with Crippen LogP contribution >= 0.6 is 0 Å². The number of nitrogens with two attached hydrogens (primary N) is 1. The third kappa shape index (κ3) is 1.73. The van der Waals surface area contributed by atoms with Crippen LogP contribution in [0.25, 0.3) is 11.0 Å². The van der Waals surface area contributed by atoms with E-state index in [2.05, 4.69) is 12.1 Å². The van der Waals surface area contributed by atoms with E-state index >= 15 is 0 Å². The Hall–Kier alpha value is -1.28. The second-order valence-electron chi connectivity index (χ2n) is 3.47. The number of hydrogen-bond donors (Lipinski definition) is 1. The highest BCUT2D eigenvalue weighted by atomic mass is 16.3. The van der Waals surface area contributed by atoms with Crippen molar-refractivity contribution in [1.29, 1.82) is 0 Å². The highest BCUT2D eigenvalue weighted by Crippen LogP contribution is 2.17. The molecule has 2 heteroatoms. The third-order valence-electron chi connectivity index (χ3n) is 2.07. The fraction of sp³-hybridized carbons (Fsp3) is 0.273. The standard InChI is InChI=1S/C11H13NO/c1-8(12)6-9-2-3-11-10(7-9)4-5-13-11/h2-5,7-8H,6,12H2,1H3/t8-/m0/s1. The van der Waals surface area contributed by atoms with E-state index in [9.17, 15) is 0 Å². The number of furan rings is 1. The van der Waals surface area contributed by atoms with Crippen LogP contribution < -0.4 is 5.73 Å². The van der Waals surface area contributed by atoms with E-state index in [1.54, 1.807) is 6.26 Å². The zero-order valence-electron chi connectivity index (χ0n) is 7.66. The quantitative estimate of drug-likeness (QED) is 0.760. The van der Waals surface area contributed by atoms with Crippen molar-refractivity contribution < 1.29 is 4.42 Å². The minimum absolute atomic E-state index is 0.212. The van der Waals surface area contributed by atoms with Gasteiger partial charge in [-0.25, -0.2) is 0 Å². The molecule has 1 aromatic carbocycles. The van der Waals surface area contributed by atoms with Crippen LogP contribution in [0, 0.1) is 0 Å². The summed E-state index contributed by atoms with van der Waals surface area (Å²) in [6.45, 7) is 2.01. The van der Waals surface area contributed by atoms with Crippen molar-refractivity contribution in [2.24, 2.45) is 5.73 Å². The summed E-state index contributed by atoms with van der Waals surface area (Å²) in [6.07, 6.45) is 2.63. The van der Waals surface area contributed by atoms with Crippen LogP contribution in [0.1, 0.15) is 12.5 Å². The molecule has 1 aromatic heterocycles. The molecule has 68 valence electrons. The minimum atomic E-state index is 0.212. The zero-order chi connectivity index (χ0) is 9.26. The van der Waals surface area contributed by atoms with Crippen molar-refractivity contribution in [1.82, 2.24) is 0 Å². The maximum Gasteiger partial charge on any atom is 0.133 e. The minimum Gasteiger partial charge on any atom is -0.464 e. The second kappa shape index (κ2) is 3.23. The summed E-state index contributed by atoms with van der Waals surface area (Å²) in [5.74, 6) is 0. The zero-order valence-corrected chi connectivity index (χ0v) is 7.66. The first-order valence-corrected chi connectivity index (χ1v) is 4.47. The maximum absolute atomic E-state index is 5.72. The molecule has 13 heavy (non-hydrogen) atoms. The van der Waals surface area contributed by atoms with Crippen LogP contribution in [0.2, 0.25) is 0 Å². The number of benzene rings is 1. The summed E-state index contributed by atoms with van der Waals surface area (Å²) in [5.41, 5.74) is 7.93. The average molecular weight is 175 g/mol. The molecule has 0 amide bonds. The van der Waals surface area contributed by atoms with Crippen molar-refractivity contribution in [2.45, 2.75) is 19.4 Å². The predicted molar refractivity (Wildman–Crippen MR) is 53.6 cm³/mol. The van der Waals surface area contributed by atoms with Crippen molar-refractivity contribution in [2.75, 3.05) is 0 Å². The number of hydrogen-bond acceptors (Lipinski definition) is 2. The lowest BCUT2D eigenvalue weighted by molar-refractivity contribution is 0.615. The van der Waals surface area contributed by atoms with Gasteiger partial charge in [-0.2, -0.15) is 0 Å². The number of fused-ring (bicyclic) bond motifs is 1. The van der Waals surface area contributed by atoms with Gasteiger partial charge in [0.15, 0.2) is 0 Å². The SMILES string of the molecule is C[C@H](N)Cc1ccc2occc2c1. The van der Waals surface area contributed by atoms with E-state index in [-0.39, 0.29) is 6.04 Å². The molecule has 2 aromatic rings. The Morgan fingerprint density at radius 3 is 3.00 bits per heavy atom. The summed E-state index contributed by atoms with van der Waals surface area (Å²) in [7, 11) is 0. The Labute approximate surface area is 77.3 Å². The predicted octanol–water partition coefficient (Wildman–Crippen LogP) is 2.32. The van der Waals surface area contributed by atoms with E-state index in [1.807, 2.05) is 19.1 Å². The summed E-state index contributed by atoms with van der Waals surface area (Å²) in [4.78, 5) is 0. The molecule has 0 bridgehead atoms. The lowest BCUT2D eigenvalue weighted by atomic mass is 10.1. The molecule has 0 aliphatic rings. The van der Waals surface area contributed by atoms with Gasteiger partial charge >= 0.3 is 0 Å². The molecule has 2 nitrogen and oxygen atoms in total. The Bertz CT molecular complexity index is 403. The van der Waals surface area contributed by atoms with Crippen LogP contribution in [-0.4, -0.2) is 6.04 Å². The topological polar surface area (TPSA) is 39.2 Å². The molecule has 0 aliphatic carbocycles. The Morgan fingerprint density at radius 2 is 2.23 bits per heavy atom. The van der Waals surface area contributed by atoms with Crippen molar-refractivity contribution in [3.63, 3.8) is 0 Å². The normalized spacial score (nSPS) is 13.4. The maximum atomic E-state index is 5.72. The molecule has 1 atom stereocenters. The van der Waals surface area contributed by atoms with E-state index in [0.29, 0.717) is 0 Å². The Morgan fingerprint density at radius 1 is 1.38 bits per heavy atom. The van der Waals surface area contributed by atoms with Gasteiger partial charge in [-0.1, -0.05) is 6.07 Å². The summed E-state index contributed by atoms with van der Waals surface area (Å²) < 4.78 is 5.25. The highest BCUT2D eigenvalue weighted by Gasteiger charge is 2.00. The molecule has 1 heterocycles. The van der Waals surface area contributed by atoms with Crippen LogP contribution in [0.3, 0.4) is 0 Å². The third-order valence-corrected chi connectivity index (χ3v) is 2.07. The summed E-state index contributed by atoms with van der Waals surface area (Å²) >= 11 is 0. The monoisotopic (exact) mass is 175 g/mol. The first-order chi connectivity index (χ1) is 6.25. The van der Waals surface area contributed by atoms with Gasteiger partial charge in [0.25, 0.3) is 0 Å². The highest BCUT2D eigenvalue weighted by molar-refractivity contribution is 5.77. The average Bonchev–Trinajstić information content (AvgIpc) is 2.49. The van der Waals surface area contributed by atoms with Gasteiger partial charge in [0.05, 0.1) is 6.26 Å². The largest absolute Gasteiger partial charge is 0.464 e. The van der Waals surface area contributed by atoms with Crippen LogP contribution in [0.15, 0.2) is 34.9 Å². The van der Waals surface area contributed by atoms with Gasteiger partial charge in [-0.3, -0.25) is 0 Å². The summed E-state index contributed by atoms with van der Waals surface area (Å²) in [6, 6.07) is 8.37. The fourth-order valence-corrected chi connectivity index (χ4v) is 1.51. The molecule has 0 saturated heterocycles. The van der Waals surface area contributed by atoms with E-state index < -0.39 is 0 Å².